The molecule has 0 spiro atoms. The highest BCUT2D eigenvalue weighted by atomic mass is 16.3. The second-order valence-electron chi connectivity index (χ2n) is 6.90. The first kappa shape index (κ1) is 10.6. The molecule has 0 saturated heterocycles. The summed E-state index contributed by atoms with van der Waals surface area (Å²) in [6.45, 7) is -1.14. The normalized spacial score (nSPS) is 28.4. The van der Waals surface area contributed by atoms with Crippen LogP contribution in [-0.4, -0.2) is 9.97 Å². The number of rotatable bonds is 3. The molecule has 1 aromatic carbocycles. The number of nitrogens with zero attached hydrogens (tertiary/aromatic N) is 2. The molecule has 4 aromatic rings. The van der Waals surface area contributed by atoms with Gasteiger partial charge in [0.1, 0.15) is 5.58 Å². The van der Waals surface area contributed by atoms with Gasteiger partial charge in [0, 0.05) is 43.7 Å². The lowest BCUT2D eigenvalue weighted by atomic mass is 10.0. The van der Waals surface area contributed by atoms with Gasteiger partial charge in [-0.3, -0.25) is 4.98 Å². The van der Waals surface area contributed by atoms with Crippen LogP contribution in [0, 0.1) is 0 Å². The van der Waals surface area contributed by atoms with Crippen molar-refractivity contribution in [2.75, 3.05) is 0 Å². The van der Waals surface area contributed by atoms with E-state index in [0.717, 1.165) is 10.8 Å². The van der Waals surface area contributed by atoms with Crippen LogP contribution in [0.2, 0.25) is 0 Å². The Morgan fingerprint density at radius 2 is 2.22 bits per heavy atom. The largest absolute Gasteiger partial charge is 0.437 e. The van der Waals surface area contributed by atoms with Crippen molar-refractivity contribution in [2.45, 2.75) is 51.2 Å². The summed E-state index contributed by atoms with van der Waals surface area (Å²) in [5, 5.41) is 1.53. The van der Waals surface area contributed by atoms with Gasteiger partial charge in [0.2, 0.25) is 5.71 Å². The van der Waals surface area contributed by atoms with E-state index in [1.165, 1.54) is 13.1 Å². The molecular formula is C24H24N2O. The summed E-state index contributed by atoms with van der Waals surface area (Å²) >= 11 is 0. The molecule has 1 aliphatic rings. The number of aromatic nitrogens is 2. The average Bonchev–Trinajstić information content (AvgIpc) is 3.29. The van der Waals surface area contributed by atoms with Crippen molar-refractivity contribution in [1.82, 2.24) is 9.97 Å². The molecule has 3 nitrogen and oxygen atoms in total. The van der Waals surface area contributed by atoms with E-state index in [4.69, 9.17) is 14.0 Å². The van der Waals surface area contributed by atoms with Gasteiger partial charge in [-0.2, -0.15) is 0 Å². The number of benzene rings is 1. The highest BCUT2D eigenvalue weighted by Crippen LogP contribution is 2.38. The Hall–Kier alpha value is -2.68. The molecule has 0 aliphatic heterocycles. The summed E-state index contributed by atoms with van der Waals surface area (Å²) in [5.41, 5.74) is 2.63. The molecule has 3 aromatic heterocycles. The molecule has 27 heavy (non-hydrogen) atoms. The lowest BCUT2D eigenvalue weighted by molar-refractivity contribution is 0.638. The Kier molecular flexibility index (Phi) is 2.55. The third-order valence-corrected chi connectivity index (χ3v) is 5.08. The number of hydrogen-bond donors (Lipinski definition) is 0. The second-order valence-corrected chi connectivity index (χ2v) is 6.90. The van der Waals surface area contributed by atoms with E-state index in [-0.39, 0.29) is 0 Å². The Morgan fingerprint density at radius 3 is 3.07 bits per heavy atom. The first-order valence-electron chi connectivity index (χ1n) is 12.6. The van der Waals surface area contributed by atoms with Crippen LogP contribution in [0.15, 0.2) is 53.1 Å². The van der Waals surface area contributed by atoms with Crippen LogP contribution >= 0.6 is 0 Å². The summed E-state index contributed by atoms with van der Waals surface area (Å²) in [6.07, 6.45) is 1.19. The summed E-state index contributed by atoms with van der Waals surface area (Å²) in [7, 11) is 0. The Balaban J connectivity index is 1.66. The van der Waals surface area contributed by atoms with E-state index in [9.17, 15) is 0 Å². The molecule has 1 aliphatic carbocycles. The molecule has 136 valence electrons. The highest BCUT2D eigenvalue weighted by Gasteiger charge is 2.20. The number of hydrogen-bond acceptors (Lipinski definition) is 3. The molecule has 1 fully saturated rings. The highest BCUT2D eigenvalue weighted by molar-refractivity contribution is 6.08. The second kappa shape index (κ2) is 6.49. The van der Waals surface area contributed by atoms with Gasteiger partial charge in [0.25, 0.3) is 0 Å². The van der Waals surface area contributed by atoms with Gasteiger partial charge in [-0.25, -0.2) is 4.98 Å². The zero-order valence-corrected chi connectivity index (χ0v) is 15.0. The lowest BCUT2D eigenvalue weighted by Gasteiger charge is -2.07. The predicted octanol–water partition coefficient (Wildman–Crippen LogP) is 6.82. The van der Waals surface area contributed by atoms with Gasteiger partial charge in [-0.1, -0.05) is 38.8 Å². The first-order chi connectivity index (χ1) is 15.9. The molecule has 3 heteroatoms. The molecule has 0 N–H and O–H groups in total. The monoisotopic (exact) mass is 363 g/mol. The van der Waals surface area contributed by atoms with E-state index in [2.05, 4.69) is 9.97 Å². The molecule has 2 unspecified atom stereocenters. The first-order valence-corrected chi connectivity index (χ1v) is 9.15. The standard InChI is InChI=1S/C24H24N2O/c1-15(2)17-12-13-25-22(14-17)20-9-5-8-18-19-10-11-21(16-6-3-4-7-16)26-24(19)27-23(18)20/h5,8-16H,3-4,6-7H2,1-2H3/i1D3,6D2,15D,16D. The van der Waals surface area contributed by atoms with Crippen LogP contribution in [0.25, 0.3) is 33.3 Å². The van der Waals surface area contributed by atoms with Crippen molar-refractivity contribution in [3.63, 3.8) is 0 Å². The van der Waals surface area contributed by atoms with Crippen molar-refractivity contribution in [3.05, 3.63) is 59.9 Å². The van der Waals surface area contributed by atoms with Gasteiger partial charge in [-0.05, 0) is 54.6 Å². The van der Waals surface area contributed by atoms with Gasteiger partial charge in [0.15, 0.2) is 0 Å². The SMILES string of the molecule is [2H]C([2H])([2H])C([2H])(C)c1ccnc(-c2cccc3c2oc2nc(C4([2H])CCCC4([2H])[2H])ccc23)c1. The Bertz CT molecular complexity index is 1410. The Morgan fingerprint density at radius 1 is 1.26 bits per heavy atom. The topological polar surface area (TPSA) is 38.9 Å². The fraction of sp³-hybridized carbons (Fsp3) is 0.333. The zero-order chi connectivity index (χ0) is 24.5. The number of furan rings is 1. The molecule has 0 amide bonds. The van der Waals surface area contributed by atoms with Crippen LogP contribution in [0.3, 0.4) is 0 Å². The van der Waals surface area contributed by atoms with Crippen LogP contribution in [-0.2, 0) is 0 Å². The van der Waals surface area contributed by atoms with Crippen LogP contribution in [0.1, 0.15) is 72.1 Å². The van der Waals surface area contributed by atoms with E-state index >= 15 is 0 Å². The minimum Gasteiger partial charge on any atom is -0.437 e. The minimum atomic E-state index is -2.51. The Labute approximate surface area is 169 Å². The maximum absolute atomic E-state index is 8.79. The fourth-order valence-electron chi connectivity index (χ4n) is 3.67. The van der Waals surface area contributed by atoms with E-state index in [1.54, 1.807) is 18.2 Å². The van der Waals surface area contributed by atoms with Crippen molar-refractivity contribution in [3.8, 4) is 11.3 Å². The fourth-order valence-corrected chi connectivity index (χ4v) is 3.67. The summed E-state index contributed by atoms with van der Waals surface area (Å²) in [5.74, 6) is -3.22. The molecule has 0 bridgehead atoms. The lowest BCUT2D eigenvalue weighted by Crippen LogP contribution is -1.95. The van der Waals surface area contributed by atoms with Crippen LogP contribution in [0.4, 0.5) is 0 Å². The third-order valence-electron chi connectivity index (χ3n) is 5.08. The number of pyridine rings is 2. The minimum absolute atomic E-state index is 0.318. The van der Waals surface area contributed by atoms with Crippen LogP contribution in [0.5, 0.6) is 0 Å². The third kappa shape index (κ3) is 2.82. The van der Waals surface area contributed by atoms with Crippen molar-refractivity contribution < 1.29 is 14.0 Å². The van der Waals surface area contributed by atoms with Crippen LogP contribution < -0.4 is 0 Å². The van der Waals surface area contributed by atoms with Gasteiger partial charge in [-0.15, -0.1) is 0 Å². The van der Waals surface area contributed by atoms with E-state index in [1.807, 2.05) is 24.3 Å². The molecule has 0 radical (unpaired) electrons. The zero-order valence-electron chi connectivity index (χ0n) is 22.0. The summed E-state index contributed by atoms with van der Waals surface area (Å²) in [4.78, 5) is 8.98. The van der Waals surface area contributed by atoms with E-state index < -0.39 is 25.0 Å². The smallest absolute Gasteiger partial charge is 0.227 e. The van der Waals surface area contributed by atoms with Crippen molar-refractivity contribution in [1.29, 1.82) is 0 Å². The maximum Gasteiger partial charge on any atom is 0.227 e. The molecule has 5 rings (SSSR count). The van der Waals surface area contributed by atoms with E-state index in [0.29, 0.717) is 53.1 Å². The quantitative estimate of drug-likeness (QED) is 0.401. The van der Waals surface area contributed by atoms with Gasteiger partial charge in [0.05, 0.1) is 5.69 Å². The van der Waals surface area contributed by atoms with Gasteiger partial charge >= 0.3 is 0 Å². The molecule has 1 saturated carbocycles. The predicted molar refractivity (Wildman–Crippen MR) is 110 cm³/mol. The maximum atomic E-state index is 8.79. The number of para-hydroxylation sites is 1. The summed E-state index contributed by atoms with van der Waals surface area (Å²) < 4.78 is 63.2. The van der Waals surface area contributed by atoms with Crippen molar-refractivity contribution in [2.24, 2.45) is 0 Å². The number of fused-ring (bicyclic) bond motifs is 3. The molecule has 2 atom stereocenters. The molecule has 3 heterocycles. The van der Waals surface area contributed by atoms with Crippen molar-refractivity contribution >= 4 is 22.1 Å². The molecular weight excluding hydrogens is 332 g/mol. The summed E-state index contributed by atoms with van der Waals surface area (Å²) in [6, 6.07) is 12.2. The average molecular weight is 364 g/mol. The van der Waals surface area contributed by atoms with Gasteiger partial charge < -0.3 is 4.42 Å².